The number of piperazine rings is 1. The number of rotatable bonds is 3. The summed E-state index contributed by atoms with van der Waals surface area (Å²) in [6, 6.07) is 0.632. The lowest BCUT2D eigenvalue weighted by Crippen LogP contribution is -2.49. The molecular formula is C12H16Cl2F3N3O3. The SMILES string of the molecule is Cl.Cl.O=[N+]([O-])c1ccc(O)c([C@H](N2CCNCC2)C(F)(F)F)c1. The molecule has 1 aliphatic heterocycles. The van der Waals surface area contributed by atoms with Gasteiger partial charge in [0.2, 0.25) is 0 Å². The third-order valence-electron chi connectivity index (χ3n) is 3.34. The Labute approximate surface area is 142 Å². The fourth-order valence-corrected chi connectivity index (χ4v) is 2.39. The fourth-order valence-electron chi connectivity index (χ4n) is 2.39. The first-order valence-corrected chi connectivity index (χ1v) is 6.29. The summed E-state index contributed by atoms with van der Waals surface area (Å²) in [6.45, 7) is 1.07. The van der Waals surface area contributed by atoms with Crippen LogP contribution in [0.5, 0.6) is 5.75 Å². The third kappa shape index (κ3) is 5.10. The Bertz CT molecular complexity index is 540. The fraction of sp³-hybridized carbons (Fsp3) is 0.500. The molecule has 0 amide bonds. The van der Waals surface area contributed by atoms with E-state index < -0.39 is 34.1 Å². The molecule has 2 N–H and O–H groups in total. The van der Waals surface area contributed by atoms with Crippen LogP contribution in [-0.4, -0.2) is 47.3 Å². The van der Waals surface area contributed by atoms with E-state index in [9.17, 15) is 28.4 Å². The van der Waals surface area contributed by atoms with Crippen molar-refractivity contribution in [2.75, 3.05) is 26.2 Å². The van der Waals surface area contributed by atoms with Crippen molar-refractivity contribution in [2.45, 2.75) is 12.2 Å². The first-order chi connectivity index (χ1) is 9.80. The molecule has 0 bridgehead atoms. The maximum atomic E-state index is 13.4. The molecule has 23 heavy (non-hydrogen) atoms. The first-order valence-electron chi connectivity index (χ1n) is 6.29. The smallest absolute Gasteiger partial charge is 0.408 e. The van der Waals surface area contributed by atoms with E-state index in [1.807, 2.05) is 0 Å². The Hall–Kier alpha value is -1.29. The van der Waals surface area contributed by atoms with Crippen molar-refractivity contribution >= 4 is 30.5 Å². The topological polar surface area (TPSA) is 78.6 Å². The zero-order chi connectivity index (χ0) is 15.6. The minimum Gasteiger partial charge on any atom is -0.508 e. The molecule has 0 unspecified atom stereocenters. The third-order valence-corrected chi connectivity index (χ3v) is 3.34. The average Bonchev–Trinajstić information content (AvgIpc) is 2.40. The highest BCUT2D eigenvalue weighted by Crippen LogP contribution is 2.42. The zero-order valence-corrected chi connectivity index (χ0v) is 13.4. The molecule has 1 heterocycles. The summed E-state index contributed by atoms with van der Waals surface area (Å²) in [5.74, 6) is -0.596. The van der Waals surface area contributed by atoms with Gasteiger partial charge in [-0.3, -0.25) is 15.0 Å². The number of nitrogens with one attached hydrogen (secondary N) is 1. The summed E-state index contributed by atoms with van der Waals surface area (Å²) in [5, 5.41) is 23.4. The van der Waals surface area contributed by atoms with E-state index in [1.54, 1.807) is 0 Å². The van der Waals surface area contributed by atoms with Crippen LogP contribution in [0.2, 0.25) is 0 Å². The summed E-state index contributed by atoms with van der Waals surface area (Å²) in [6.07, 6.45) is -4.63. The van der Waals surface area contributed by atoms with Gasteiger partial charge in [-0.05, 0) is 6.07 Å². The van der Waals surface area contributed by atoms with Gasteiger partial charge in [-0.15, -0.1) is 24.8 Å². The Morgan fingerprint density at radius 1 is 1.26 bits per heavy atom. The van der Waals surface area contributed by atoms with Crippen LogP contribution in [0.3, 0.4) is 0 Å². The summed E-state index contributed by atoms with van der Waals surface area (Å²) < 4.78 is 40.1. The van der Waals surface area contributed by atoms with Gasteiger partial charge >= 0.3 is 6.18 Å². The van der Waals surface area contributed by atoms with Gasteiger partial charge in [0.25, 0.3) is 5.69 Å². The zero-order valence-electron chi connectivity index (χ0n) is 11.7. The normalized spacial score (nSPS) is 16.8. The van der Waals surface area contributed by atoms with Gasteiger partial charge < -0.3 is 10.4 Å². The van der Waals surface area contributed by atoms with Gasteiger partial charge in [-0.1, -0.05) is 0 Å². The summed E-state index contributed by atoms with van der Waals surface area (Å²) in [7, 11) is 0. The van der Waals surface area contributed by atoms with E-state index in [-0.39, 0.29) is 37.9 Å². The van der Waals surface area contributed by atoms with Crippen molar-refractivity contribution in [2.24, 2.45) is 0 Å². The Morgan fingerprint density at radius 2 is 1.83 bits per heavy atom. The van der Waals surface area contributed by atoms with Crippen LogP contribution in [-0.2, 0) is 0 Å². The van der Waals surface area contributed by atoms with Gasteiger partial charge in [0.15, 0.2) is 0 Å². The number of hydrogen-bond acceptors (Lipinski definition) is 5. The summed E-state index contributed by atoms with van der Waals surface area (Å²) >= 11 is 0. The number of hydrogen-bond donors (Lipinski definition) is 2. The van der Waals surface area contributed by atoms with E-state index in [0.717, 1.165) is 23.1 Å². The van der Waals surface area contributed by atoms with E-state index in [1.165, 1.54) is 0 Å². The van der Waals surface area contributed by atoms with Crippen LogP contribution in [0, 0.1) is 10.1 Å². The Balaban J connectivity index is 0.00000242. The minimum atomic E-state index is -4.63. The standard InChI is InChI=1S/C12H14F3N3O3.2ClH/c13-12(14,15)11(17-5-3-16-4-6-17)9-7-8(18(20)21)1-2-10(9)19;;/h1-2,7,11,16,19H,3-6H2;2*1H/t11-;;/m0../s1. The highest BCUT2D eigenvalue weighted by atomic mass is 35.5. The number of benzene rings is 1. The molecule has 11 heteroatoms. The van der Waals surface area contributed by atoms with Crippen molar-refractivity contribution in [3.8, 4) is 5.75 Å². The van der Waals surface area contributed by atoms with Crippen molar-refractivity contribution in [1.29, 1.82) is 0 Å². The second kappa shape index (κ2) is 8.53. The monoisotopic (exact) mass is 377 g/mol. The molecule has 1 aliphatic rings. The van der Waals surface area contributed by atoms with Crippen molar-refractivity contribution in [1.82, 2.24) is 10.2 Å². The van der Waals surface area contributed by atoms with E-state index in [4.69, 9.17) is 0 Å². The van der Waals surface area contributed by atoms with Crippen LogP contribution >= 0.6 is 24.8 Å². The quantitative estimate of drug-likeness (QED) is 0.625. The number of non-ortho nitro benzene ring substituents is 1. The predicted molar refractivity (Wildman–Crippen MR) is 82.5 cm³/mol. The van der Waals surface area contributed by atoms with E-state index >= 15 is 0 Å². The number of aromatic hydroxyl groups is 1. The molecule has 1 aromatic carbocycles. The second-order valence-electron chi connectivity index (χ2n) is 4.73. The lowest BCUT2D eigenvalue weighted by Gasteiger charge is -2.36. The average molecular weight is 378 g/mol. The second-order valence-corrected chi connectivity index (χ2v) is 4.73. The number of nitro benzene ring substituents is 1. The number of nitrogens with zero attached hydrogens (tertiary/aromatic N) is 2. The number of phenolic OH excluding ortho intramolecular Hbond substituents is 1. The highest BCUT2D eigenvalue weighted by molar-refractivity contribution is 5.85. The van der Waals surface area contributed by atoms with Crippen LogP contribution in [0.1, 0.15) is 11.6 Å². The molecule has 0 saturated carbocycles. The molecule has 1 fully saturated rings. The first kappa shape index (κ1) is 21.7. The molecule has 1 atom stereocenters. The molecule has 0 aromatic heterocycles. The van der Waals surface area contributed by atoms with Crippen molar-refractivity contribution in [3.63, 3.8) is 0 Å². The number of nitro groups is 1. The molecule has 6 nitrogen and oxygen atoms in total. The Kier molecular flexibility index (Phi) is 8.05. The van der Waals surface area contributed by atoms with E-state index in [0.29, 0.717) is 13.1 Å². The van der Waals surface area contributed by atoms with E-state index in [2.05, 4.69) is 5.32 Å². The molecule has 2 rings (SSSR count). The van der Waals surface area contributed by atoms with Crippen molar-refractivity contribution in [3.05, 3.63) is 33.9 Å². The van der Waals surface area contributed by atoms with Crippen LogP contribution in [0.15, 0.2) is 18.2 Å². The molecular weight excluding hydrogens is 362 g/mol. The highest BCUT2D eigenvalue weighted by Gasteiger charge is 2.46. The van der Waals surface area contributed by atoms with Gasteiger partial charge in [0.1, 0.15) is 11.8 Å². The summed E-state index contributed by atoms with van der Waals surface area (Å²) in [4.78, 5) is 11.1. The molecule has 1 aromatic rings. The van der Waals surface area contributed by atoms with Gasteiger partial charge in [-0.25, -0.2) is 0 Å². The summed E-state index contributed by atoms with van der Waals surface area (Å²) in [5.41, 5.74) is -0.967. The number of phenols is 1. The molecule has 0 spiro atoms. The maximum Gasteiger partial charge on any atom is 0.408 e. The number of alkyl halides is 3. The molecule has 132 valence electrons. The minimum absolute atomic E-state index is 0. The Morgan fingerprint density at radius 3 is 2.30 bits per heavy atom. The van der Waals surface area contributed by atoms with Crippen molar-refractivity contribution < 1.29 is 23.2 Å². The molecule has 1 saturated heterocycles. The molecule has 0 aliphatic carbocycles. The van der Waals surface area contributed by atoms with Crippen LogP contribution in [0.4, 0.5) is 18.9 Å². The lowest BCUT2D eigenvalue weighted by molar-refractivity contribution is -0.385. The largest absolute Gasteiger partial charge is 0.508 e. The van der Waals surface area contributed by atoms with Crippen LogP contribution in [0.25, 0.3) is 0 Å². The number of halogens is 5. The molecule has 0 radical (unpaired) electrons. The maximum absolute atomic E-state index is 13.4. The van der Waals surface area contributed by atoms with Gasteiger partial charge in [0.05, 0.1) is 4.92 Å². The van der Waals surface area contributed by atoms with Gasteiger partial charge in [0, 0.05) is 43.9 Å². The predicted octanol–water partition coefficient (Wildman–Crippen LogP) is 2.65. The lowest BCUT2D eigenvalue weighted by atomic mass is 10.0. The van der Waals surface area contributed by atoms with Crippen LogP contribution < -0.4 is 5.32 Å². The van der Waals surface area contributed by atoms with Gasteiger partial charge in [-0.2, -0.15) is 13.2 Å².